The van der Waals surface area contributed by atoms with Crippen LogP contribution in [0.4, 0.5) is 0 Å². The summed E-state index contributed by atoms with van der Waals surface area (Å²) in [5, 5.41) is 3.14. The van der Waals surface area contributed by atoms with Gasteiger partial charge in [0, 0.05) is 32.7 Å². The summed E-state index contributed by atoms with van der Waals surface area (Å²) in [6.45, 7) is 2.38. The van der Waals surface area contributed by atoms with Gasteiger partial charge in [-0.25, -0.2) is 16.8 Å². The molecule has 1 N–H and O–H groups in total. The lowest BCUT2D eigenvalue weighted by Gasteiger charge is -2.23. The molecule has 1 unspecified atom stereocenters. The fourth-order valence-electron chi connectivity index (χ4n) is 3.18. The summed E-state index contributed by atoms with van der Waals surface area (Å²) in [5.74, 6) is 0. The zero-order chi connectivity index (χ0) is 17.4. The van der Waals surface area contributed by atoms with E-state index in [4.69, 9.17) is 0 Å². The Kier molecular flexibility index (Phi) is 6.50. The third-order valence-corrected chi connectivity index (χ3v) is 8.53. The quantitative estimate of drug-likeness (QED) is 0.779. The molecule has 0 aliphatic carbocycles. The molecular weight excluding hydrogens is 386 g/mol. The van der Waals surface area contributed by atoms with Gasteiger partial charge in [0.1, 0.15) is 0 Å². The lowest BCUT2D eigenvalue weighted by atomic mass is 10.3. The van der Waals surface area contributed by atoms with E-state index in [0.717, 1.165) is 25.8 Å². The van der Waals surface area contributed by atoms with E-state index < -0.39 is 20.0 Å². The van der Waals surface area contributed by atoms with Gasteiger partial charge in [-0.05, 0) is 44.0 Å². The minimum Gasteiger partial charge on any atom is -0.315 e. The van der Waals surface area contributed by atoms with E-state index in [0.29, 0.717) is 19.6 Å². The molecule has 1 atom stereocenters. The Labute approximate surface area is 155 Å². The van der Waals surface area contributed by atoms with Gasteiger partial charge in [-0.3, -0.25) is 0 Å². The number of benzene rings is 1. The lowest BCUT2D eigenvalue weighted by molar-refractivity contribution is 0.387. The molecule has 2 aliphatic heterocycles. The Morgan fingerprint density at radius 2 is 1.76 bits per heavy atom. The Morgan fingerprint density at radius 3 is 2.36 bits per heavy atom. The number of sulfonamides is 2. The van der Waals surface area contributed by atoms with Gasteiger partial charge < -0.3 is 5.32 Å². The van der Waals surface area contributed by atoms with E-state index >= 15 is 0 Å². The average molecular weight is 410 g/mol. The van der Waals surface area contributed by atoms with Gasteiger partial charge in [0.2, 0.25) is 20.0 Å². The van der Waals surface area contributed by atoms with Crippen LogP contribution in [-0.2, 0) is 20.0 Å². The molecule has 2 fully saturated rings. The molecule has 0 bridgehead atoms. The Morgan fingerprint density at radius 1 is 1.12 bits per heavy atom. The van der Waals surface area contributed by atoms with Crippen molar-refractivity contribution in [1.82, 2.24) is 13.9 Å². The van der Waals surface area contributed by atoms with Crippen LogP contribution in [0.5, 0.6) is 0 Å². The van der Waals surface area contributed by atoms with Crippen molar-refractivity contribution in [2.75, 3.05) is 33.2 Å². The van der Waals surface area contributed by atoms with Crippen molar-refractivity contribution in [3.05, 3.63) is 24.3 Å². The zero-order valence-electron chi connectivity index (χ0n) is 14.1. The van der Waals surface area contributed by atoms with Gasteiger partial charge >= 0.3 is 0 Å². The van der Waals surface area contributed by atoms with Gasteiger partial charge in [0.05, 0.1) is 9.79 Å². The smallest absolute Gasteiger partial charge is 0.243 e. The highest BCUT2D eigenvalue weighted by molar-refractivity contribution is 7.90. The molecule has 2 saturated heterocycles. The Balaban J connectivity index is 0.00000225. The van der Waals surface area contributed by atoms with Gasteiger partial charge in [0.15, 0.2) is 0 Å². The predicted molar refractivity (Wildman–Crippen MR) is 97.9 cm³/mol. The number of likely N-dealkylation sites (N-methyl/N-ethyl adjacent to an activating group) is 1. The first-order chi connectivity index (χ1) is 11.3. The fourth-order valence-corrected chi connectivity index (χ4v) is 6.25. The normalized spacial score (nSPS) is 22.2. The Hall–Kier alpha value is -0.710. The number of hydrogen-bond donors (Lipinski definition) is 1. The zero-order valence-corrected chi connectivity index (χ0v) is 16.5. The molecule has 1 aromatic rings. The molecule has 0 saturated carbocycles. The van der Waals surface area contributed by atoms with Gasteiger partial charge in [-0.1, -0.05) is 6.07 Å². The third kappa shape index (κ3) is 4.01. The molecule has 142 valence electrons. The van der Waals surface area contributed by atoms with Crippen molar-refractivity contribution >= 4 is 32.5 Å². The number of rotatable bonds is 5. The van der Waals surface area contributed by atoms with Crippen LogP contribution in [0.25, 0.3) is 0 Å². The highest BCUT2D eigenvalue weighted by Crippen LogP contribution is 2.25. The first-order valence-corrected chi connectivity index (χ1v) is 11.0. The van der Waals surface area contributed by atoms with Gasteiger partial charge in [0.25, 0.3) is 0 Å². The summed E-state index contributed by atoms with van der Waals surface area (Å²) < 4.78 is 53.7. The number of nitrogens with one attached hydrogen (secondary N) is 1. The second kappa shape index (κ2) is 7.89. The van der Waals surface area contributed by atoms with Crippen molar-refractivity contribution < 1.29 is 16.8 Å². The number of nitrogens with zero attached hydrogens (tertiary/aromatic N) is 2. The minimum atomic E-state index is -3.72. The van der Waals surface area contributed by atoms with E-state index in [1.165, 1.54) is 32.9 Å². The molecular formula is C15H24ClN3O4S2. The Bertz CT molecular complexity index is 802. The summed E-state index contributed by atoms with van der Waals surface area (Å²) >= 11 is 0. The predicted octanol–water partition coefficient (Wildman–Crippen LogP) is 0.875. The highest BCUT2D eigenvalue weighted by atomic mass is 35.5. The molecule has 0 spiro atoms. The van der Waals surface area contributed by atoms with E-state index in [-0.39, 0.29) is 28.2 Å². The number of hydrogen-bond acceptors (Lipinski definition) is 5. The number of halogens is 1. The topological polar surface area (TPSA) is 86.8 Å². The van der Waals surface area contributed by atoms with Crippen LogP contribution in [0.2, 0.25) is 0 Å². The molecule has 25 heavy (non-hydrogen) atoms. The van der Waals surface area contributed by atoms with Crippen molar-refractivity contribution in [3.63, 3.8) is 0 Å². The fraction of sp³-hybridized carbons (Fsp3) is 0.600. The standard InChI is InChI=1S/C15H23N3O4S2.ClH/c1-17(13-7-8-16-12-13)23(19,20)14-5-4-6-15(11-14)24(21,22)18-9-2-3-10-18;/h4-6,11,13,16H,2-3,7-10,12H2,1H3;1H. The van der Waals surface area contributed by atoms with E-state index in [1.807, 2.05) is 0 Å². The van der Waals surface area contributed by atoms with Gasteiger partial charge in [-0.2, -0.15) is 8.61 Å². The summed E-state index contributed by atoms with van der Waals surface area (Å²) in [5.41, 5.74) is 0. The van der Waals surface area contributed by atoms with Crippen LogP contribution in [0, 0.1) is 0 Å². The molecule has 2 heterocycles. The van der Waals surface area contributed by atoms with E-state index in [1.54, 1.807) is 7.05 Å². The van der Waals surface area contributed by atoms with Crippen LogP contribution >= 0.6 is 12.4 Å². The summed E-state index contributed by atoms with van der Waals surface area (Å²) in [6.07, 6.45) is 2.44. The highest BCUT2D eigenvalue weighted by Gasteiger charge is 2.32. The van der Waals surface area contributed by atoms with E-state index in [9.17, 15) is 16.8 Å². The van der Waals surface area contributed by atoms with Gasteiger partial charge in [-0.15, -0.1) is 12.4 Å². The molecule has 1 aromatic carbocycles. The molecule has 7 nitrogen and oxygen atoms in total. The lowest BCUT2D eigenvalue weighted by Crippen LogP contribution is -2.38. The van der Waals surface area contributed by atoms with Crippen LogP contribution < -0.4 is 5.32 Å². The maximum Gasteiger partial charge on any atom is 0.243 e. The van der Waals surface area contributed by atoms with Crippen LogP contribution in [0.1, 0.15) is 19.3 Å². The largest absolute Gasteiger partial charge is 0.315 e. The van der Waals surface area contributed by atoms with Crippen molar-refractivity contribution in [2.45, 2.75) is 35.1 Å². The van der Waals surface area contributed by atoms with Crippen molar-refractivity contribution in [2.24, 2.45) is 0 Å². The molecule has 0 amide bonds. The van der Waals surface area contributed by atoms with Crippen LogP contribution in [0.15, 0.2) is 34.1 Å². The minimum absolute atomic E-state index is 0. The molecule has 0 aromatic heterocycles. The van der Waals surface area contributed by atoms with Crippen molar-refractivity contribution in [3.8, 4) is 0 Å². The monoisotopic (exact) mass is 409 g/mol. The van der Waals surface area contributed by atoms with E-state index in [2.05, 4.69) is 5.32 Å². The summed E-state index contributed by atoms with van der Waals surface area (Å²) in [7, 11) is -5.80. The maximum absolute atomic E-state index is 12.8. The van der Waals surface area contributed by atoms with Crippen LogP contribution in [0.3, 0.4) is 0 Å². The average Bonchev–Trinajstić information content (AvgIpc) is 3.27. The molecule has 3 rings (SSSR count). The second-order valence-corrected chi connectivity index (χ2v) is 10.2. The molecule has 0 radical (unpaired) electrons. The molecule has 2 aliphatic rings. The second-order valence-electron chi connectivity index (χ2n) is 6.25. The SMILES string of the molecule is CN(C1CCNC1)S(=O)(=O)c1cccc(S(=O)(=O)N2CCCC2)c1.Cl. The third-order valence-electron chi connectivity index (χ3n) is 4.73. The maximum atomic E-state index is 12.8. The summed E-state index contributed by atoms with van der Waals surface area (Å²) in [4.78, 5) is 0.0700. The first kappa shape index (κ1) is 20.6. The molecule has 10 heteroatoms. The van der Waals surface area contributed by atoms with Crippen LogP contribution in [-0.4, -0.2) is 64.7 Å². The van der Waals surface area contributed by atoms with Crippen molar-refractivity contribution in [1.29, 1.82) is 0 Å². The first-order valence-electron chi connectivity index (χ1n) is 8.12. The summed E-state index contributed by atoms with van der Waals surface area (Å²) in [6, 6.07) is 5.59.